The van der Waals surface area contributed by atoms with Crippen molar-refractivity contribution in [3.8, 4) is 0 Å². The van der Waals surface area contributed by atoms with E-state index in [0.29, 0.717) is 6.42 Å². The lowest BCUT2D eigenvalue weighted by atomic mass is 10.1. The Bertz CT molecular complexity index is 510. The quantitative estimate of drug-likeness (QED) is 0.304. The lowest BCUT2D eigenvalue weighted by Crippen LogP contribution is -2.53. The summed E-state index contributed by atoms with van der Waals surface area (Å²) in [4.78, 5) is 47.4. The van der Waals surface area contributed by atoms with Gasteiger partial charge in [-0.2, -0.15) is 0 Å². The maximum atomic E-state index is 12.1. The molecule has 0 radical (unpaired) electrons. The number of esters is 1. The van der Waals surface area contributed by atoms with E-state index in [9.17, 15) is 19.2 Å². The highest BCUT2D eigenvalue weighted by molar-refractivity contribution is 5.93. The second-order valence-corrected chi connectivity index (χ2v) is 7.14. The number of unbranched alkanes of at least 4 members (excludes halogenated alkanes) is 6. The lowest BCUT2D eigenvalue weighted by molar-refractivity contribution is -0.144. The first kappa shape index (κ1) is 25.9. The molecule has 8 heteroatoms. The average Bonchev–Trinajstić information content (AvgIpc) is 2.66. The third-order valence-corrected chi connectivity index (χ3v) is 4.44. The largest absolute Gasteiger partial charge is 0.467 e. The fraction of sp³-hybridized carbons (Fsp3) is 0.800. The van der Waals surface area contributed by atoms with E-state index in [1.165, 1.54) is 46.6 Å². The van der Waals surface area contributed by atoms with Crippen LogP contribution in [0.2, 0.25) is 0 Å². The molecule has 8 nitrogen and oxygen atoms in total. The number of carbonyl (C=O) groups excluding carboxylic acids is 4. The normalized spacial score (nSPS) is 13.8. The minimum Gasteiger partial charge on any atom is -0.467 e. The molecule has 28 heavy (non-hydrogen) atoms. The van der Waals surface area contributed by atoms with Crippen molar-refractivity contribution >= 4 is 23.7 Å². The van der Waals surface area contributed by atoms with E-state index in [2.05, 4.69) is 27.6 Å². The third kappa shape index (κ3) is 11.6. The molecule has 0 aliphatic carbocycles. The van der Waals surface area contributed by atoms with Gasteiger partial charge in [0.2, 0.25) is 17.7 Å². The Morgan fingerprint density at radius 1 is 0.714 bits per heavy atom. The first-order valence-corrected chi connectivity index (χ1v) is 10.2. The van der Waals surface area contributed by atoms with Crippen LogP contribution in [0.1, 0.15) is 79.1 Å². The molecule has 3 amide bonds. The van der Waals surface area contributed by atoms with Gasteiger partial charge in [0.25, 0.3) is 0 Å². The first-order valence-electron chi connectivity index (χ1n) is 10.2. The van der Waals surface area contributed by atoms with Gasteiger partial charge < -0.3 is 20.7 Å². The topological polar surface area (TPSA) is 114 Å². The van der Waals surface area contributed by atoms with Crippen molar-refractivity contribution in [3.05, 3.63) is 0 Å². The van der Waals surface area contributed by atoms with Crippen LogP contribution < -0.4 is 16.0 Å². The van der Waals surface area contributed by atoms with Gasteiger partial charge in [-0.3, -0.25) is 14.4 Å². The summed E-state index contributed by atoms with van der Waals surface area (Å²) in [7, 11) is 1.23. The van der Waals surface area contributed by atoms with Crippen LogP contribution in [0, 0.1) is 0 Å². The van der Waals surface area contributed by atoms with Crippen LogP contribution in [-0.2, 0) is 23.9 Å². The summed E-state index contributed by atoms with van der Waals surface area (Å²) < 4.78 is 4.53. The molecule has 3 N–H and O–H groups in total. The Morgan fingerprint density at radius 3 is 1.71 bits per heavy atom. The number of ether oxygens (including phenoxy) is 1. The van der Waals surface area contributed by atoms with Crippen LogP contribution in [0.5, 0.6) is 0 Å². The van der Waals surface area contributed by atoms with Crippen molar-refractivity contribution in [3.63, 3.8) is 0 Å². The summed E-state index contributed by atoms with van der Waals surface area (Å²) >= 11 is 0. The van der Waals surface area contributed by atoms with E-state index in [-0.39, 0.29) is 5.91 Å². The van der Waals surface area contributed by atoms with E-state index < -0.39 is 35.9 Å². The second kappa shape index (κ2) is 14.9. The molecule has 0 aliphatic rings. The second-order valence-electron chi connectivity index (χ2n) is 7.14. The molecule has 0 saturated carbocycles. The Morgan fingerprint density at radius 2 is 1.18 bits per heavy atom. The predicted molar refractivity (Wildman–Crippen MR) is 107 cm³/mol. The van der Waals surface area contributed by atoms with Crippen LogP contribution in [0.4, 0.5) is 0 Å². The zero-order chi connectivity index (χ0) is 21.5. The number of nitrogens with one attached hydrogen (secondary N) is 3. The van der Waals surface area contributed by atoms with Gasteiger partial charge in [-0.1, -0.05) is 45.4 Å². The predicted octanol–water partition coefficient (Wildman–Crippen LogP) is 1.81. The number of hydrogen-bond donors (Lipinski definition) is 3. The number of methoxy groups -OCH3 is 1. The van der Waals surface area contributed by atoms with Crippen molar-refractivity contribution in [2.24, 2.45) is 0 Å². The summed E-state index contributed by atoms with van der Waals surface area (Å²) in [6.45, 7) is 6.74. The minimum atomic E-state index is -0.845. The zero-order valence-electron chi connectivity index (χ0n) is 17.9. The summed E-state index contributed by atoms with van der Waals surface area (Å²) in [6.07, 6.45) is 8.23. The van der Waals surface area contributed by atoms with Crippen molar-refractivity contribution in [1.82, 2.24) is 16.0 Å². The molecule has 162 valence electrons. The fourth-order valence-corrected chi connectivity index (χ4v) is 2.60. The summed E-state index contributed by atoms with van der Waals surface area (Å²) in [5, 5.41) is 7.62. The van der Waals surface area contributed by atoms with E-state index in [1.54, 1.807) is 6.92 Å². The maximum Gasteiger partial charge on any atom is 0.328 e. The fourth-order valence-electron chi connectivity index (χ4n) is 2.60. The van der Waals surface area contributed by atoms with Crippen molar-refractivity contribution in [2.75, 3.05) is 7.11 Å². The van der Waals surface area contributed by atoms with Crippen molar-refractivity contribution < 1.29 is 23.9 Å². The molecular weight excluding hydrogens is 362 g/mol. The van der Waals surface area contributed by atoms with Crippen LogP contribution in [0.3, 0.4) is 0 Å². The molecular formula is C20H37N3O5. The summed E-state index contributed by atoms with van der Waals surface area (Å²) in [5.74, 6) is -1.71. The number of amides is 3. The molecule has 0 aliphatic heterocycles. The molecule has 0 aromatic rings. The Labute approximate surface area is 168 Å². The van der Waals surface area contributed by atoms with Gasteiger partial charge in [-0.05, 0) is 27.2 Å². The van der Waals surface area contributed by atoms with E-state index in [4.69, 9.17) is 0 Å². The number of hydrogen-bond acceptors (Lipinski definition) is 5. The highest BCUT2D eigenvalue weighted by atomic mass is 16.5. The Hall–Kier alpha value is -2.12. The third-order valence-electron chi connectivity index (χ3n) is 4.44. The summed E-state index contributed by atoms with van der Waals surface area (Å²) in [6, 6.07) is -2.40. The molecule has 0 rings (SSSR count). The van der Waals surface area contributed by atoms with E-state index >= 15 is 0 Å². The molecule has 0 fully saturated rings. The number of rotatable bonds is 14. The zero-order valence-corrected chi connectivity index (χ0v) is 17.9. The highest BCUT2D eigenvalue weighted by Gasteiger charge is 2.23. The minimum absolute atomic E-state index is 0.173. The molecule has 0 spiro atoms. The molecule has 0 aromatic heterocycles. The van der Waals surface area contributed by atoms with Crippen molar-refractivity contribution in [2.45, 2.75) is 97.2 Å². The molecule has 0 heterocycles. The van der Waals surface area contributed by atoms with Crippen LogP contribution in [0.25, 0.3) is 0 Å². The lowest BCUT2D eigenvalue weighted by Gasteiger charge is -2.19. The SMILES string of the molecule is CCCCCCCCCC(=O)NC(C)C(=O)NC(C)C(=O)NC(C)C(=O)OC. The highest BCUT2D eigenvalue weighted by Crippen LogP contribution is 2.08. The van der Waals surface area contributed by atoms with E-state index in [0.717, 1.165) is 19.3 Å². The van der Waals surface area contributed by atoms with Crippen molar-refractivity contribution in [1.29, 1.82) is 0 Å². The smallest absolute Gasteiger partial charge is 0.328 e. The van der Waals surface area contributed by atoms with Gasteiger partial charge in [0.1, 0.15) is 18.1 Å². The standard InChI is InChI=1S/C20H37N3O5/c1-6-7-8-9-10-11-12-13-17(24)21-14(2)18(25)22-15(3)19(26)23-16(4)20(27)28-5/h14-16H,6-13H2,1-5H3,(H,21,24)(H,22,25)(H,23,26). The maximum absolute atomic E-state index is 12.1. The summed E-state index contributed by atoms with van der Waals surface area (Å²) in [5.41, 5.74) is 0. The van der Waals surface area contributed by atoms with Gasteiger partial charge in [-0.15, -0.1) is 0 Å². The number of carbonyl (C=O) groups is 4. The van der Waals surface area contributed by atoms with Crippen LogP contribution >= 0.6 is 0 Å². The average molecular weight is 400 g/mol. The van der Waals surface area contributed by atoms with E-state index in [1.807, 2.05) is 0 Å². The van der Waals surface area contributed by atoms with Gasteiger partial charge in [0.15, 0.2) is 0 Å². The molecule has 0 aromatic carbocycles. The van der Waals surface area contributed by atoms with Gasteiger partial charge in [0, 0.05) is 6.42 Å². The Balaban J connectivity index is 4.11. The monoisotopic (exact) mass is 399 g/mol. The molecule has 0 saturated heterocycles. The molecule has 3 atom stereocenters. The van der Waals surface area contributed by atoms with Gasteiger partial charge >= 0.3 is 5.97 Å². The van der Waals surface area contributed by atoms with Gasteiger partial charge in [0.05, 0.1) is 7.11 Å². The van der Waals surface area contributed by atoms with Gasteiger partial charge in [-0.25, -0.2) is 4.79 Å². The van der Waals surface area contributed by atoms with Crippen LogP contribution in [-0.4, -0.2) is 48.9 Å². The first-order chi connectivity index (χ1) is 13.2. The molecule has 0 bridgehead atoms. The Kier molecular flexibility index (Phi) is 13.8. The molecule has 3 unspecified atom stereocenters. The van der Waals surface area contributed by atoms with Crippen LogP contribution in [0.15, 0.2) is 0 Å².